The number of amides is 1. The normalized spacial score (nSPS) is 10.6. The van der Waals surface area contributed by atoms with Crippen molar-refractivity contribution in [2.24, 2.45) is 0 Å². The van der Waals surface area contributed by atoms with Crippen LogP contribution in [0, 0.1) is 11.6 Å². The van der Waals surface area contributed by atoms with Gasteiger partial charge in [-0.05, 0) is 36.8 Å². The summed E-state index contributed by atoms with van der Waals surface area (Å²) >= 11 is 0.250. The first kappa shape index (κ1) is 23.5. The van der Waals surface area contributed by atoms with Crippen molar-refractivity contribution >= 4 is 23.7 Å². The number of pyridine rings is 1. The number of ether oxygens (including phenoxy) is 2. The van der Waals surface area contributed by atoms with Crippen LogP contribution in [0.2, 0.25) is 0 Å². The molecule has 0 saturated heterocycles. The Labute approximate surface area is 188 Å². The largest absolute Gasteiger partial charge is 0.493 e. The van der Waals surface area contributed by atoms with E-state index in [1.54, 1.807) is 36.4 Å². The monoisotopic (exact) mass is 462 g/mol. The average Bonchev–Trinajstić information content (AvgIpc) is 2.79. The minimum Gasteiger partial charge on any atom is -0.493 e. The van der Waals surface area contributed by atoms with Gasteiger partial charge in [0.15, 0.2) is 11.6 Å². The van der Waals surface area contributed by atoms with Gasteiger partial charge in [0.1, 0.15) is 11.4 Å². The van der Waals surface area contributed by atoms with E-state index in [0.29, 0.717) is 30.1 Å². The molecule has 0 bridgehead atoms. The third kappa shape index (κ3) is 5.94. The fraction of sp³-hybridized carbons (Fsp3) is 0.217. The fourth-order valence-electron chi connectivity index (χ4n) is 2.95. The molecular weight excluding hydrogens is 441 g/mol. The molecule has 1 aromatic heterocycles. The lowest BCUT2D eigenvalue weighted by molar-refractivity contribution is -0.116. The van der Waals surface area contributed by atoms with E-state index in [4.69, 9.17) is 9.47 Å². The first-order valence-corrected chi connectivity index (χ1v) is 10.7. The molecular formula is C23H21F3N2O3S. The Morgan fingerprint density at radius 1 is 1.06 bits per heavy atom. The average molecular weight is 462 g/mol. The molecule has 1 heterocycles. The second-order valence-corrected chi connectivity index (χ2v) is 7.34. The number of halogens is 3. The van der Waals surface area contributed by atoms with Crippen molar-refractivity contribution < 1.29 is 26.9 Å². The van der Waals surface area contributed by atoms with Gasteiger partial charge in [-0.2, -0.15) is 3.89 Å². The van der Waals surface area contributed by atoms with Crippen molar-refractivity contribution in [3.63, 3.8) is 0 Å². The lowest BCUT2D eigenvalue weighted by Gasteiger charge is -2.24. The van der Waals surface area contributed by atoms with E-state index in [1.807, 2.05) is 0 Å². The van der Waals surface area contributed by atoms with E-state index in [1.165, 1.54) is 24.1 Å². The number of carbonyl (C=O) groups excluding carboxylic acids is 1. The molecule has 0 saturated carbocycles. The van der Waals surface area contributed by atoms with Crippen LogP contribution in [0.15, 0.2) is 60.8 Å². The summed E-state index contributed by atoms with van der Waals surface area (Å²) in [5, 5.41) is 0. The minimum atomic E-state index is -0.888. The summed E-state index contributed by atoms with van der Waals surface area (Å²) in [6.45, 7) is 1.79. The number of carbonyl (C=O) groups is 1. The standard InChI is InChI=1S/C23H21F3N2O3S/c1-16(29)28(15-17-7-2-3-11-21(17)30-13-6-14-32-26)20-10-5-12-27-23(20)31-22-18(24)8-4-9-19(22)25/h2-5,7-12H,6,13-15H2,1H3. The van der Waals surface area contributed by atoms with Crippen LogP contribution < -0.4 is 14.4 Å². The highest BCUT2D eigenvalue weighted by molar-refractivity contribution is 7.94. The SMILES string of the molecule is CC(=O)N(Cc1ccccc1OCCCSF)c1cccnc1Oc1c(F)cccc1F. The lowest BCUT2D eigenvalue weighted by Crippen LogP contribution is -2.28. The Kier molecular flexibility index (Phi) is 8.38. The van der Waals surface area contributed by atoms with E-state index in [-0.39, 0.29) is 36.2 Å². The van der Waals surface area contributed by atoms with Crippen molar-refractivity contribution in [3.8, 4) is 17.4 Å². The number of benzene rings is 2. The number of hydrogen-bond donors (Lipinski definition) is 0. The molecule has 0 fully saturated rings. The van der Waals surface area contributed by atoms with Crippen LogP contribution in [0.4, 0.5) is 18.4 Å². The minimum absolute atomic E-state index is 0.102. The highest BCUT2D eigenvalue weighted by Crippen LogP contribution is 2.34. The first-order chi connectivity index (χ1) is 15.5. The molecule has 0 aliphatic heterocycles. The fourth-order valence-corrected chi connectivity index (χ4v) is 3.18. The van der Waals surface area contributed by atoms with Gasteiger partial charge in [-0.3, -0.25) is 4.79 Å². The number of nitrogens with zero attached hydrogens (tertiary/aromatic N) is 2. The molecule has 0 radical (unpaired) electrons. The van der Waals surface area contributed by atoms with Gasteiger partial charge in [0, 0.05) is 36.6 Å². The molecule has 3 aromatic rings. The molecule has 0 spiro atoms. The zero-order valence-electron chi connectivity index (χ0n) is 17.3. The maximum Gasteiger partial charge on any atom is 0.243 e. The molecule has 0 aliphatic rings. The Morgan fingerprint density at radius 3 is 2.53 bits per heavy atom. The van der Waals surface area contributed by atoms with Gasteiger partial charge in [-0.1, -0.05) is 24.3 Å². The number of aromatic nitrogens is 1. The molecule has 5 nitrogen and oxygen atoms in total. The number of anilines is 1. The maximum atomic E-state index is 14.1. The molecule has 1 amide bonds. The molecule has 0 N–H and O–H groups in total. The van der Waals surface area contributed by atoms with Crippen molar-refractivity contribution in [3.05, 3.63) is 78.0 Å². The molecule has 168 valence electrons. The highest BCUT2D eigenvalue weighted by Gasteiger charge is 2.21. The van der Waals surface area contributed by atoms with Crippen LogP contribution in [-0.4, -0.2) is 23.3 Å². The van der Waals surface area contributed by atoms with Gasteiger partial charge in [0.2, 0.25) is 17.5 Å². The zero-order chi connectivity index (χ0) is 22.9. The zero-order valence-corrected chi connectivity index (χ0v) is 18.1. The molecule has 2 aromatic carbocycles. The van der Waals surface area contributed by atoms with E-state index >= 15 is 0 Å². The second-order valence-electron chi connectivity index (χ2n) is 6.71. The smallest absolute Gasteiger partial charge is 0.243 e. The van der Waals surface area contributed by atoms with Gasteiger partial charge < -0.3 is 14.4 Å². The van der Waals surface area contributed by atoms with E-state index in [9.17, 15) is 17.5 Å². The molecule has 0 unspecified atom stereocenters. The van der Waals surface area contributed by atoms with Gasteiger partial charge in [-0.15, -0.1) is 0 Å². The topological polar surface area (TPSA) is 51.7 Å². The summed E-state index contributed by atoms with van der Waals surface area (Å²) in [7, 11) is 0. The van der Waals surface area contributed by atoms with Crippen molar-refractivity contribution in [1.29, 1.82) is 0 Å². The number of para-hydroxylation sites is 2. The molecule has 3 rings (SSSR count). The van der Waals surface area contributed by atoms with Crippen LogP contribution in [0.25, 0.3) is 0 Å². The Balaban J connectivity index is 1.89. The summed E-state index contributed by atoms with van der Waals surface area (Å²) in [5.74, 6) is -1.96. The summed E-state index contributed by atoms with van der Waals surface area (Å²) in [5.41, 5.74) is 0.939. The molecule has 0 atom stereocenters. The Bertz CT molecular complexity index is 1050. The van der Waals surface area contributed by atoms with Gasteiger partial charge in [0.05, 0.1) is 13.2 Å². The second kappa shape index (κ2) is 11.4. The Morgan fingerprint density at radius 2 is 1.81 bits per heavy atom. The van der Waals surface area contributed by atoms with Crippen molar-refractivity contribution in [2.45, 2.75) is 19.9 Å². The van der Waals surface area contributed by atoms with Gasteiger partial charge in [-0.25, -0.2) is 13.8 Å². The predicted octanol–water partition coefficient (Wildman–Crippen LogP) is 6.09. The summed E-state index contributed by atoms with van der Waals surface area (Å²) in [4.78, 5) is 18.0. The van der Waals surface area contributed by atoms with Gasteiger partial charge >= 0.3 is 0 Å². The van der Waals surface area contributed by atoms with Crippen LogP contribution >= 0.6 is 12.1 Å². The summed E-state index contributed by atoms with van der Waals surface area (Å²) < 4.78 is 51.6. The third-order valence-corrected chi connectivity index (χ3v) is 4.91. The lowest BCUT2D eigenvalue weighted by atomic mass is 10.1. The first-order valence-electron chi connectivity index (χ1n) is 9.80. The van der Waals surface area contributed by atoms with Gasteiger partial charge in [0.25, 0.3) is 0 Å². The molecule has 9 heteroatoms. The van der Waals surface area contributed by atoms with Crippen LogP contribution in [0.1, 0.15) is 18.9 Å². The number of rotatable bonds is 10. The van der Waals surface area contributed by atoms with E-state index in [0.717, 1.165) is 12.1 Å². The van der Waals surface area contributed by atoms with E-state index in [2.05, 4.69) is 4.98 Å². The quantitative estimate of drug-likeness (QED) is 0.341. The molecule has 0 aliphatic carbocycles. The summed E-state index contributed by atoms with van der Waals surface area (Å²) in [6.07, 6.45) is 1.93. The van der Waals surface area contributed by atoms with Crippen LogP contribution in [-0.2, 0) is 11.3 Å². The summed E-state index contributed by atoms with van der Waals surface area (Å²) in [6, 6.07) is 13.7. The Hall–Kier alpha value is -3.20. The van der Waals surface area contributed by atoms with E-state index < -0.39 is 17.4 Å². The van der Waals surface area contributed by atoms with Crippen LogP contribution in [0.3, 0.4) is 0 Å². The third-order valence-electron chi connectivity index (χ3n) is 4.46. The maximum absolute atomic E-state index is 14.1. The number of hydrogen-bond acceptors (Lipinski definition) is 5. The molecule has 32 heavy (non-hydrogen) atoms. The predicted molar refractivity (Wildman–Crippen MR) is 118 cm³/mol. The van der Waals surface area contributed by atoms with Crippen molar-refractivity contribution in [1.82, 2.24) is 4.98 Å². The van der Waals surface area contributed by atoms with Crippen molar-refractivity contribution in [2.75, 3.05) is 17.3 Å². The van der Waals surface area contributed by atoms with Crippen LogP contribution in [0.5, 0.6) is 17.4 Å². The highest BCUT2D eigenvalue weighted by atomic mass is 32.2.